The van der Waals surface area contributed by atoms with Crippen LogP contribution in [0.2, 0.25) is 5.02 Å². The van der Waals surface area contributed by atoms with E-state index in [-0.39, 0.29) is 17.9 Å². The van der Waals surface area contributed by atoms with Crippen LogP contribution in [0.5, 0.6) is 0 Å². The molecule has 0 saturated carbocycles. The van der Waals surface area contributed by atoms with E-state index < -0.39 is 53.7 Å². The van der Waals surface area contributed by atoms with Crippen LogP contribution < -0.4 is 10.5 Å². The number of carboxylic acid groups (broad SMARTS) is 1. The molecule has 0 radical (unpaired) electrons. The molecule has 150 valence electrons. The van der Waals surface area contributed by atoms with Crippen molar-refractivity contribution in [3.63, 3.8) is 0 Å². The Morgan fingerprint density at radius 1 is 1.36 bits per heavy atom. The van der Waals surface area contributed by atoms with E-state index in [9.17, 15) is 27.2 Å². The number of halogens is 5. The molecule has 2 aromatic rings. The number of aromatic amines is 1. The maximum Gasteiger partial charge on any atom is 0.410 e. The number of piperazine rings is 1. The minimum absolute atomic E-state index is 0.0789. The molecule has 1 amide bonds. The number of nitrogens with one attached hydrogen (secondary N) is 1. The molecule has 28 heavy (non-hydrogen) atoms. The Balaban J connectivity index is 2.08. The highest BCUT2D eigenvalue weighted by Crippen LogP contribution is 2.33. The first-order valence-corrected chi connectivity index (χ1v) is 8.18. The van der Waals surface area contributed by atoms with Crippen molar-refractivity contribution < 1.29 is 27.5 Å². The van der Waals surface area contributed by atoms with Crippen LogP contribution in [0.1, 0.15) is 0 Å². The first-order valence-electron chi connectivity index (χ1n) is 7.81. The van der Waals surface area contributed by atoms with Crippen molar-refractivity contribution in [1.82, 2.24) is 19.9 Å². The number of anilines is 1. The van der Waals surface area contributed by atoms with Crippen LogP contribution in [-0.4, -0.2) is 62.9 Å². The number of aromatic nitrogens is 3. The van der Waals surface area contributed by atoms with Gasteiger partial charge in [-0.05, 0) is 6.07 Å². The molecule has 1 aliphatic heterocycles. The van der Waals surface area contributed by atoms with Crippen molar-refractivity contribution in [1.29, 1.82) is 0 Å². The second-order valence-corrected chi connectivity index (χ2v) is 6.28. The Labute approximate surface area is 159 Å². The Hall–Kier alpha value is -2.89. The molecule has 1 fully saturated rings. The zero-order chi connectivity index (χ0) is 20.6. The molecule has 8 nitrogen and oxygen atoms in total. The lowest BCUT2D eigenvalue weighted by Crippen LogP contribution is -2.60. The number of H-pyrrole nitrogens is 1. The van der Waals surface area contributed by atoms with E-state index in [1.165, 1.54) is 6.07 Å². The van der Waals surface area contributed by atoms with E-state index in [0.717, 1.165) is 17.2 Å². The lowest BCUT2D eigenvalue weighted by atomic mass is 10.1. The highest BCUT2D eigenvalue weighted by Gasteiger charge is 2.48. The average molecular weight is 422 g/mol. The predicted octanol–water partition coefficient (Wildman–Crippen LogP) is 2.36. The van der Waals surface area contributed by atoms with Gasteiger partial charge in [0.25, 0.3) is 5.56 Å². The third-order valence-corrected chi connectivity index (χ3v) is 4.49. The molecule has 0 aliphatic carbocycles. The van der Waals surface area contributed by atoms with Gasteiger partial charge in [-0.15, -0.1) is 0 Å². The van der Waals surface area contributed by atoms with Crippen molar-refractivity contribution in [3.05, 3.63) is 39.7 Å². The Morgan fingerprint density at radius 3 is 2.68 bits per heavy atom. The zero-order valence-corrected chi connectivity index (χ0v) is 14.6. The molecule has 3 heterocycles. The molecule has 2 aromatic heterocycles. The molecule has 2 N–H and O–H groups in total. The van der Waals surface area contributed by atoms with Crippen LogP contribution >= 0.6 is 11.6 Å². The normalized spacial score (nSPS) is 17.7. The predicted molar refractivity (Wildman–Crippen MR) is 89.8 cm³/mol. The molecule has 13 heteroatoms. The molecule has 0 aromatic carbocycles. The lowest BCUT2D eigenvalue weighted by Gasteiger charge is -2.41. The highest BCUT2D eigenvalue weighted by atomic mass is 35.5. The number of amides is 1. The van der Waals surface area contributed by atoms with Gasteiger partial charge in [0.2, 0.25) is 5.95 Å². The van der Waals surface area contributed by atoms with Crippen LogP contribution in [0.3, 0.4) is 0 Å². The van der Waals surface area contributed by atoms with Gasteiger partial charge in [-0.2, -0.15) is 17.6 Å². The topological polar surface area (TPSA) is 102 Å². The van der Waals surface area contributed by atoms with E-state index in [4.69, 9.17) is 16.7 Å². The Morgan fingerprint density at radius 2 is 2.07 bits per heavy atom. The maximum absolute atomic E-state index is 13.5. The number of rotatable bonds is 2. The highest BCUT2D eigenvalue weighted by molar-refractivity contribution is 6.32. The summed E-state index contributed by atoms with van der Waals surface area (Å²) >= 11 is 5.90. The third kappa shape index (κ3) is 3.86. The van der Waals surface area contributed by atoms with Crippen molar-refractivity contribution in [3.8, 4) is 11.4 Å². The molecule has 1 atom stereocenters. The van der Waals surface area contributed by atoms with Crippen LogP contribution in [-0.2, 0) is 0 Å². The van der Waals surface area contributed by atoms with Gasteiger partial charge >= 0.3 is 12.3 Å². The van der Waals surface area contributed by atoms with Gasteiger partial charge in [0.15, 0.2) is 5.82 Å². The fraction of sp³-hybridized carbons (Fsp3) is 0.333. The quantitative estimate of drug-likeness (QED) is 0.570. The summed E-state index contributed by atoms with van der Waals surface area (Å²) in [5.41, 5.74) is -0.837. The van der Waals surface area contributed by atoms with Crippen LogP contribution in [0.4, 0.5) is 28.2 Å². The van der Waals surface area contributed by atoms with Gasteiger partial charge in [-0.1, -0.05) is 11.6 Å². The van der Waals surface area contributed by atoms with Crippen molar-refractivity contribution in [2.45, 2.75) is 12.2 Å². The van der Waals surface area contributed by atoms with E-state index in [0.29, 0.717) is 4.90 Å². The number of nitrogens with zero attached hydrogens (tertiary/aromatic N) is 4. The van der Waals surface area contributed by atoms with Crippen LogP contribution in [0.25, 0.3) is 11.4 Å². The fourth-order valence-electron chi connectivity index (χ4n) is 2.81. The summed E-state index contributed by atoms with van der Waals surface area (Å²) in [5, 5.41) is 8.41. The van der Waals surface area contributed by atoms with Gasteiger partial charge in [-0.25, -0.2) is 14.8 Å². The van der Waals surface area contributed by atoms with Crippen molar-refractivity contribution in [2.75, 3.05) is 24.5 Å². The summed E-state index contributed by atoms with van der Waals surface area (Å²) in [7, 11) is 0. The minimum Gasteiger partial charge on any atom is -0.465 e. The fourth-order valence-corrected chi connectivity index (χ4v) is 3.01. The van der Waals surface area contributed by atoms with Gasteiger partial charge in [0.1, 0.15) is 16.9 Å². The summed E-state index contributed by atoms with van der Waals surface area (Å²) in [4.78, 5) is 34.2. The molecular weight excluding hydrogens is 410 g/mol. The van der Waals surface area contributed by atoms with Gasteiger partial charge in [0.05, 0.1) is 6.54 Å². The lowest BCUT2D eigenvalue weighted by molar-refractivity contribution is -0.155. The maximum atomic E-state index is 13.5. The van der Waals surface area contributed by atoms with Crippen LogP contribution in [0.15, 0.2) is 23.1 Å². The monoisotopic (exact) mass is 421 g/mol. The molecule has 0 spiro atoms. The number of pyridine rings is 1. The minimum atomic E-state index is -4.81. The second kappa shape index (κ2) is 7.26. The largest absolute Gasteiger partial charge is 0.465 e. The van der Waals surface area contributed by atoms with E-state index >= 15 is 0 Å². The van der Waals surface area contributed by atoms with Crippen molar-refractivity contribution >= 4 is 23.5 Å². The summed E-state index contributed by atoms with van der Waals surface area (Å²) in [6.07, 6.45) is -5.21. The van der Waals surface area contributed by atoms with Gasteiger partial charge < -0.3 is 19.9 Å². The van der Waals surface area contributed by atoms with E-state index in [1.54, 1.807) is 0 Å². The Bertz CT molecular complexity index is 967. The molecular formula is C15H12ClF4N5O3. The number of alkyl halides is 3. The number of hydrogen-bond acceptors (Lipinski definition) is 5. The van der Waals surface area contributed by atoms with E-state index in [2.05, 4.69) is 15.0 Å². The zero-order valence-electron chi connectivity index (χ0n) is 13.9. The molecule has 3 rings (SSSR count). The molecule has 1 unspecified atom stereocenters. The Kier molecular flexibility index (Phi) is 5.15. The van der Waals surface area contributed by atoms with Gasteiger partial charge in [0, 0.05) is 30.9 Å². The third-order valence-electron chi connectivity index (χ3n) is 4.15. The SMILES string of the molecule is O=C(O)N1CCN(c2nc(-c3ccnc(F)c3)[nH]c(=O)c2Cl)C(C(F)(F)F)C1. The molecule has 1 aliphatic rings. The van der Waals surface area contributed by atoms with Crippen molar-refractivity contribution in [2.24, 2.45) is 0 Å². The summed E-state index contributed by atoms with van der Waals surface area (Å²) in [5.74, 6) is -1.54. The number of carbonyl (C=O) groups is 1. The molecule has 1 saturated heterocycles. The average Bonchev–Trinajstić information content (AvgIpc) is 2.62. The first-order chi connectivity index (χ1) is 13.1. The summed E-state index contributed by atoms with van der Waals surface area (Å²) < 4.78 is 54.0. The first kappa shape index (κ1) is 19.9. The summed E-state index contributed by atoms with van der Waals surface area (Å²) in [6, 6.07) is -0.00598. The van der Waals surface area contributed by atoms with Crippen LogP contribution in [0, 0.1) is 5.95 Å². The second-order valence-electron chi connectivity index (χ2n) is 5.90. The standard InChI is InChI=1S/C15H12ClF4N5O3/c16-10-12(22-11(23-13(10)26)7-1-2-21-9(17)5-7)25-4-3-24(14(27)28)6-8(25)15(18,19)20/h1-2,5,8H,3-4,6H2,(H,27,28)(H,22,23,26). The summed E-state index contributed by atoms with van der Waals surface area (Å²) in [6.45, 7) is -1.51. The smallest absolute Gasteiger partial charge is 0.410 e. The number of hydrogen-bond donors (Lipinski definition) is 2. The van der Waals surface area contributed by atoms with E-state index in [1.807, 2.05) is 0 Å². The van der Waals surface area contributed by atoms with Gasteiger partial charge in [-0.3, -0.25) is 4.79 Å². The molecule has 0 bridgehead atoms.